The summed E-state index contributed by atoms with van der Waals surface area (Å²) in [5.74, 6) is 0.714. The van der Waals surface area contributed by atoms with Crippen molar-refractivity contribution in [1.29, 1.82) is 0 Å². The van der Waals surface area contributed by atoms with E-state index in [1.165, 1.54) is 11.3 Å². The topological polar surface area (TPSA) is 38.5 Å². The SMILES string of the molecule is CC(C)CCOCCN(C)c1ccc(CN)cc1. The van der Waals surface area contributed by atoms with Crippen molar-refractivity contribution in [3.05, 3.63) is 29.8 Å². The molecule has 0 saturated heterocycles. The van der Waals surface area contributed by atoms with Crippen LogP contribution in [-0.2, 0) is 11.3 Å². The minimum Gasteiger partial charge on any atom is -0.380 e. The second-order valence-corrected chi connectivity index (χ2v) is 5.09. The first-order chi connectivity index (χ1) is 8.63. The molecule has 0 aliphatic carbocycles. The number of benzene rings is 1. The van der Waals surface area contributed by atoms with Crippen molar-refractivity contribution >= 4 is 5.69 Å². The lowest BCUT2D eigenvalue weighted by Gasteiger charge is -2.19. The predicted octanol–water partition coefficient (Wildman–Crippen LogP) is 2.64. The summed E-state index contributed by atoms with van der Waals surface area (Å²) in [5, 5.41) is 0. The first-order valence-corrected chi connectivity index (χ1v) is 6.71. The van der Waals surface area contributed by atoms with Gasteiger partial charge in [-0.3, -0.25) is 0 Å². The number of hydrogen-bond donors (Lipinski definition) is 1. The van der Waals surface area contributed by atoms with Crippen LogP contribution < -0.4 is 10.6 Å². The van der Waals surface area contributed by atoms with Gasteiger partial charge < -0.3 is 15.4 Å². The van der Waals surface area contributed by atoms with E-state index < -0.39 is 0 Å². The number of anilines is 1. The van der Waals surface area contributed by atoms with Gasteiger partial charge in [0, 0.05) is 32.4 Å². The zero-order chi connectivity index (χ0) is 13.4. The van der Waals surface area contributed by atoms with Crippen LogP contribution in [0.15, 0.2) is 24.3 Å². The molecule has 0 amide bonds. The van der Waals surface area contributed by atoms with Crippen LogP contribution in [0.1, 0.15) is 25.8 Å². The van der Waals surface area contributed by atoms with Crippen LogP contribution in [0.2, 0.25) is 0 Å². The molecule has 0 saturated carbocycles. The fourth-order valence-electron chi connectivity index (χ4n) is 1.64. The Balaban J connectivity index is 2.25. The highest BCUT2D eigenvalue weighted by Gasteiger charge is 2.01. The lowest BCUT2D eigenvalue weighted by atomic mass is 10.1. The molecule has 2 N–H and O–H groups in total. The summed E-state index contributed by atoms with van der Waals surface area (Å²) in [6, 6.07) is 8.36. The van der Waals surface area contributed by atoms with Crippen molar-refractivity contribution in [2.24, 2.45) is 11.7 Å². The van der Waals surface area contributed by atoms with E-state index in [4.69, 9.17) is 10.5 Å². The molecule has 0 fully saturated rings. The largest absolute Gasteiger partial charge is 0.380 e. The molecule has 3 heteroatoms. The molecular formula is C15H26N2O. The van der Waals surface area contributed by atoms with Crippen molar-refractivity contribution in [1.82, 2.24) is 0 Å². The Kier molecular flexibility index (Phi) is 6.76. The van der Waals surface area contributed by atoms with Gasteiger partial charge in [0.05, 0.1) is 6.61 Å². The summed E-state index contributed by atoms with van der Waals surface area (Å²) in [4.78, 5) is 2.20. The maximum absolute atomic E-state index is 5.62. The van der Waals surface area contributed by atoms with E-state index in [-0.39, 0.29) is 0 Å². The molecule has 18 heavy (non-hydrogen) atoms. The third-order valence-electron chi connectivity index (χ3n) is 3.02. The van der Waals surface area contributed by atoms with Crippen molar-refractivity contribution in [2.45, 2.75) is 26.8 Å². The molecule has 3 nitrogen and oxygen atoms in total. The van der Waals surface area contributed by atoms with Gasteiger partial charge in [0.1, 0.15) is 0 Å². The summed E-state index contributed by atoms with van der Waals surface area (Å²) in [5.41, 5.74) is 7.96. The highest BCUT2D eigenvalue weighted by molar-refractivity contribution is 5.46. The average Bonchev–Trinajstić information content (AvgIpc) is 2.38. The second kappa shape index (κ2) is 8.11. The smallest absolute Gasteiger partial charge is 0.0641 e. The Morgan fingerprint density at radius 3 is 2.39 bits per heavy atom. The molecule has 1 rings (SSSR count). The quantitative estimate of drug-likeness (QED) is 0.721. The fraction of sp³-hybridized carbons (Fsp3) is 0.600. The van der Waals surface area contributed by atoms with Crippen LogP contribution in [0.4, 0.5) is 5.69 Å². The molecule has 0 aliphatic rings. The van der Waals surface area contributed by atoms with Gasteiger partial charge in [0.25, 0.3) is 0 Å². The molecule has 0 unspecified atom stereocenters. The van der Waals surface area contributed by atoms with Gasteiger partial charge in [0.2, 0.25) is 0 Å². The van der Waals surface area contributed by atoms with E-state index in [9.17, 15) is 0 Å². The summed E-state index contributed by atoms with van der Waals surface area (Å²) >= 11 is 0. The molecule has 1 aromatic carbocycles. The van der Waals surface area contributed by atoms with Crippen molar-refractivity contribution in [2.75, 3.05) is 31.7 Å². The molecule has 0 aromatic heterocycles. The van der Waals surface area contributed by atoms with Gasteiger partial charge in [-0.15, -0.1) is 0 Å². The average molecular weight is 250 g/mol. The first-order valence-electron chi connectivity index (χ1n) is 6.71. The lowest BCUT2D eigenvalue weighted by Crippen LogP contribution is -2.22. The molecule has 1 aromatic rings. The molecule has 0 atom stereocenters. The highest BCUT2D eigenvalue weighted by atomic mass is 16.5. The van der Waals surface area contributed by atoms with Gasteiger partial charge >= 0.3 is 0 Å². The van der Waals surface area contributed by atoms with Crippen LogP contribution in [-0.4, -0.2) is 26.8 Å². The number of hydrogen-bond acceptors (Lipinski definition) is 3. The van der Waals surface area contributed by atoms with E-state index in [1.54, 1.807) is 0 Å². The van der Waals surface area contributed by atoms with Crippen molar-refractivity contribution in [3.63, 3.8) is 0 Å². The van der Waals surface area contributed by atoms with Gasteiger partial charge in [0.15, 0.2) is 0 Å². The number of nitrogens with two attached hydrogens (primary N) is 1. The number of nitrogens with zero attached hydrogens (tertiary/aromatic N) is 1. The van der Waals surface area contributed by atoms with E-state index in [0.29, 0.717) is 12.5 Å². The predicted molar refractivity (Wildman–Crippen MR) is 77.9 cm³/mol. The number of likely N-dealkylation sites (N-methyl/N-ethyl adjacent to an activating group) is 1. The van der Waals surface area contributed by atoms with E-state index >= 15 is 0 Å². The molecule has 0 aliphatic heterocycles. The van der Waals surface area contributed by atoms with Crippen molar-refractivity contribution in [3.8, 4) is 0 Å². The maximum Gasteiger partial charge on any atom is 0.0641 e. The fourth-order valence-corrected chi connectivity index (χ4v) is 1.64. The molecule has 0 radical (unpaired) electrons. The minimum absolute atomic E-state index is 0.600. The van der Waals surface area contributed by atoms with Gasteiger partial charge in [-0.25, -0.2) is 0 Å². The Labute approximate surface area is 111 Å². The molecular weight excluding hydrogens is 224 g/mol. The number of rotatable bonds is 8. The van der Waals surface area contributed by atoms with Crippen LogP contribution in [0, 0.1) is 5.92 Å². The second-order valence-electron chi connectivity index (χ2n) is 5.09. The number of ether oxygens (including phenoxy) is 1. The Morgan fingerprint density at radius 2 is 1.83 bits per heavy atom. The van der Waals surface area contributed by atoms with Crippen LogP contribution in [0.3, 0.4) is 0 Å². The minimum atomic E-state index is 0.600. The van der Waals surface area contributed by atoms with E-state index in [0.717, 1.165) is 26.2 Å². The van der Waals surface area contributed by atoms with Gasteiger partial charge in [-0.2, -0.15) is 0 Å². The molecule has 0 spiro atoms. The summed E-state index contributed by atoms with van der Waals surface area (Å²) in [6.07, 6.45) is 1.13. The summed E-state index contributed by atoms with van der Waals surface area (Å²) in [6.45, 7) is 7.59. The standard InChI is InChI=1S/C15H26N2O/c1-13(2)8-10-18-11-9-17(3)15-6-4-14(12-16)5-7-15/h4-7,13H,8-12,16H2,1-3H3. The first kappa shape index (κ1) is 15.0. The van der Waals surface area contributed by atoms with E-state index in [2.05, 4.69) is 50.1 Å². The van der Waals surface area contributed by atoms with Crippen molar-refractivity contribution < 1.29 is 4.74 Å². The van der Waals surface area contributed by atoms with Crippen LogP contribution in [0.5, 0.6) is 0 Å². The maximum atomic E-state index is 5.62. The lowest BCUT2D eigenvalue weighted by molar-refractivity contribution is 0.130. The zero-order valence-corrected chi connectivity index (χ0v) is 11.9. The zero-order valence-electron chi connectivity index (χ0n) is 11.9. The van der Waals surface area contributed by atoms with Crippen LogP contribution >= 0.6 is 0 Å². The van der Waals surface area contributed by atoms with Gasteiger partial charge in [-0.05, 0) is 30.0 Å². The molecule has 102 valence electrons. The third-order valence-corrected chi connectivity index (χ3v) is 3.02. The van der Waals surface area contributed by atoms with Gasteiger partial charge in [-0.1, -0.05) is 26.0 Å². The third kappa shape index (κ3) is 5.52. The highest BCUT2D eigenvalue weighted by Crippen LogP contribution is 2.13. The normalized spacial score (nSPS) is 10.9. The Hall–Kier alpha value is -1.06. The Bertz CT molecular complexity index is 322. The summed E-state index contributed by atoms with van der Waals surface area (Å²) < 4.78 is 5.62. The monoisotopic (exact) mass is 250 g/mol. The molecule has 0 heterocycles. The molecule has 0 bridgehead atoms. The van der Waals surface area contributed by atoms with Crippen LogP contribution in [0.25, 0.3) is 0 Å². The summed E-state index contributed by atoms with van der Waals surface area (Å²) in [7, 11) is 2.09. The Morgan fingerprint density at radius 1 is 1.17 bits per heavy atom. The van der Waals surface area contributed by atoms with E-state index in [1.807, 2.05) is 0 Å².